The molecule has 2 rings (SSSR count). The number of carbonyl (C=O) groups is 2. The lowest BCUT2D eigenvalue weighted by molar-refractivity contribution is -0.128. The van der Waals surface area contributed by atoms with Gasteiger partial charge in [-0.15, -0.1) is 11.8 Å². The molecule has 1 amide bonds. The molecule has 0 bridgehead atoms. The van der Waals surface area contributed by atoms with Crippen LogP contribution in [0.3, 0.4) is 0 Å². The van der Waals surface area contributed by atoms with Crippen molar-refractivity contribution in [2.45, 2.75) is 17.7 Å². The fourth-order valence-corrected chi connectivity index (χ4v) is 2.42. The number of para-hydroxylation sites is 1. The fourth-order valence-electron chi connectivity index (χ4n) is 1.82. The summed E-state index contributed by atoms with van der Waals surface area (Å²) in [6.45, 7) is 0.509. The number of Topliss-reactive ketones (excluding diaryl/α,β-unsaturated/α-hetero) is 1. The van der Waals surface area contributed by atoms with Crippen molar-refractivity contribution in [1.29, 1.82) is 0 Å². The van der Waals surface area contributed by atoms with Crippen LogP contribution < -0.4 is 4.90 Å². The number of nitrogens with zero attached hydrogens (tertiary/aromatic N) is 1. The Kier molecular flexibility index (Phi) is 3.29. The number of benzene rings is 1. The van der Waals surface area contributed by atoms with Crippen LogP contribution in [0.25, 0.3) is 0 Å². The molecule has 1 aliphatic heterocycles. The van der Waals surface area contributed by atoms with Crippen LogP contribution in [0.1, 0.15) is 12.8 Å². The summed E-state index contributed by atoms with van der Waals surface area (Å²) in [7, 11) is 0. The van der Waals surface area contributed by atoms with Gasteiger partial charge in [-0.25, -0.2) is 0 Å². The van der Waals surface area contributed by atoms with Crippen molar-refractivity contribution in [1.82, 2.24) is 0 Å². The van der Waals surface area contributed by atoms with Gasteiger partial charge < -0.3 is 4.90 Å². The van der Waals surface area contributed by atoms with Crippen LogP contribution in [0.5, 0.6) is 0 Å². The van der Waals surface area contributed by atoms with Crippen LogP contribution in [0.15, 0.2) is 29.2 Å². The smallest absolute Gasteiger partial charge is 0.234 e. The summed E-state index contributed by atoms with van der Waals surface area (Å²) < 4.78 is 0. The Labute approximate surface area is 98.8 Å². The fraction of sp³-hybridized carbons (Fsp3) is 0.333. The molecule has 0 N–H and O–H groups in total. The summed E-state index contributed by atoms with van der Waals surface area (Å²) >= 11 is 1.61. The molecule has 0 atom stereocenters. The molecule has 3 nitrogen and oxygen atoms in total. The third-order valence-electron chi connectivity index (χ3n) is 2.64. The third kappa shape index (κ3) is 2.11. The minimum atomic E-state index is -0.0854. The van der Waals surface area contributed by atoms with Crippen LogP contribution >= 0.6 is 11.8 Å². The highest BCUT2D eigenvalue weighted by atomic mass is 32.2. The van der Waals surface area contributed by atoms with E-state index in [1.807, 2.05) is 30.5 Å². The van der Waals surface area contributed by atoms with E-state index < -0.39 is 0 Å². The molecule has 0 saturated carbocycles. The van der Waals surface area contributed by atoms with Crippen molar-refractivity contribution in [2.24, 2.45) is 0 Å². The van der Waals surface area contributed by atoms with Gasteiger partial charge in [0.25, 0.3) is 0 Å². The number of rotatable bonds is 2. The van der Waals surface area contributed by atoms with Gasteiger partial charge in [0.2, 0.25) is 5.91 Å². The summed E-state index contributed by atoms with van der Waals surface area (Å²) in [4.78, 5) is 25.7. The lowest BCUT2D eigenvalue weighted by Gasteiger charge is -2.27. The van der Waals surface area contributed by atoms with E-state index in [4.69, 9.17) is 0 Å². The highest BCUT2D eigenvalue weighted by molar-refractivity contribution is 7.98. The zero-order chi connectivity index (χ0) is 11.5. The number of thioether (sulfide) groups is 1. The maximum absolute atomic E-state index is 11.8. The molecular formula is C12H13NO2S. The molecule has 0 aromatic heterocycles. The van der Waals surface area contributed by atoms with Gasteiger partial charge in [0, 0.05) is 17.9 Å². The first-order valence-electron chi connectivity index (χ1n) is 5.17. The molecule has 0 spiro atoms. The van der Waals surface area contributed by atoms with Gasteiger partial charge in [-0.1, -0.05) is 12.1 Å². The van der Waals surface area contributed by atoms with E-state index in [1.165, 1.54) is 0 Å². The quantitative estimate of drug-likeness (QED) is 0.582. The minimum absolute atomic E-state index is 0.0443. The molecule has 84 valence electrons. The van der Waals surface area contributed by atoms with E-state index in [9.17, 15) is 9.59 Å². The van der Waals surface area contributed by atoms with Gasteiger partial charge in [0.15, 0.2) is 0 Å². The first-order chi connectivity index (χ1) is 7.72. The van der Waals surface area contributed by atoms with E-state index in [0.717, 1.165) is 10.6 Å². The second-order valence-corrected chi connectivity index (χ2v) is 4.53. The lowest BCUT2D eigenvalue weighted by atomic mass is 10.1. The molecule has 1 saturated heterocycles. The average Bonchev–Trinajstić information content (AvgIpc) is 2.29. The van der Waals surface area contributed by atoms with Crippen molar-refractivity contribution in [3.8, 4) is 0 Å². The summed E-state index contributed by atoms with van der Waals surface area (Å²) in [5.41, 5.74) is 0.924. The molecule has 1 aliphatic rings. The van der Waals surface area contributed by atoms with Crippen molar-refractivity contribution >= 4 is 29.1 Å². The van der Waals surface area contributed by atoms with E-state index >= 15 is 0 Å². The van der Waals surface area contributed by atoms with Crippen LogP contribution in [0.4, 0.5) is 5.69 Å². The first kappa shape index (κ1) is 11.2. The topological polar surface area (TPSA) is 37.4 Å². The van der Waals surface area contributed by atoms with Gasteiger partial charge in [-0.05, 0) is 18.4 Å². The van der Waals surface area contributed by atoms with Crippen molar-refractivity contribution < 1.29 is 9.59 Å². The maximum atomic E-state index is 11.8. The van der Waals surface area contributed by atoms with Crippen LogP contribution in [0.2, 0.25) is 0 Å². The monoisotopic (exact) mass is 235 g/mol. The predicted molar refractivity (Wildman–Crippen MR) is 64.8 cm³/mol. The molecule has 1 fully saturated rings. The maximum Gasteiger partial charge on any atom is 0.234 e. The summed E-state index contributed by atoms with van der Waals surface area (Å²) in [5, 5.41) is 0. The van der Waals surface area contributed by atoms with Gasteiger partial charge in [0.05, 0.1) is 12.1 Å². The number of anilines is 1. The second-order valence-electron chi connectivity index (χ2n) is 3.68. The third-order valence-corrected chi connectivity index (χ3v) is 3.42. The SMILES string of the molecule is CSc1ccccc1N1CCC(=O)CC1=O. The van der Waals surface area contributed by atoms with Gasteiger partial charge >= 0.3 is 0 Å². The minimum Gasteiger partial charge on any atom is -0.310 e. The average molecular weight is 235 g/mol. The molecule has 4 heteroatoms. The summed E-state index contributed by atoms with van der Waals surface area (Å²) in [6.07, 6.45) is 2.50. The zero-order valence-electron chi connectivity index (χ0n) is 9.10. The lowest BCUT2D eigenvalue weighted by Crippen LogP contribution is -2.39. The molecule has 0 unspecified atom stereocenters. The molecular weight excluding hydrogens is 222 g/mol. The normalized spacial score (nSPS) is 16.7. The Morgan fingerprint density at radius 1 is 1.25 bits per heavy atom. The Balaban J connectivity index is 2.30. The Hall–Kier alpha value is -1.29. The molecule has 0 aliphatic carbocycles. The van der Waals surface area contributed by atoms with Crippen LogP contribution in [-0.4, -0.2) is 24.5 Å². The Morgan fingerprint density at radius 2 is 2.00 bits per heavy atom. The number of ketones is 1. The van der Waals surface area contributed by atoms with E-state index in [-0.39, 0.29) is 18.1 Å². The number of carbonyl (C=O) groups excluding carboxylic acids is 2. The highest BCUT2D eigenvalue weighted by Crippen LogP contribution is 2.30. The Morgan fingerprint density at radius 3 is 2.69 bits per heavy atom. The highest BCUT2D eigenvalue weighted by Gasteiger charge is 2.25. The van der Waals surface area contributed by atoms with E-state index in [2.05, 4.69) is 0 Å². The van der Waals surface area contributed by atoms with Gasteiger partial charge in [-0.3, -0.25) is 9.59 Å². The van der Waals surface area contributed by atoms with Crippen LogP contribution in [-0.2, 0) is 9.59 Å². The van der Waals surface area contributed by atoms with E-state index in [0.29, 0.717) is 13.0 Å². The largest absolute Gasteiger partial charge is 0.310 e. The standard InChI is InChI=1S/C12H13NO2S/c1-16-11-5-3-2-4-10(11)13-7-6-9(14)8-12(13)15/h2-5H,6-8H2,1H3. The van der Waals surface area contributed by atoms with E-state index in [1.54, 1.807) is 16.7 Å². The molecule has 1 aromatic carbocycles. The predicted octanol–water partition coefficient (Wildman–Crippen LogP) is 2.10. The molecule has 1 heterocycles. The van der Waals surface area contributed by atoms with Crippen LogP contribution in [0, 0.1) is 0 Å². The summed E-state index contributed by atoms with van der Waals surface area (Å²) in [5.74, 6) is -0.0411. The second kappa shape index (κ2) is 4.70. The van der Waals surface area contributed by atoms with Crippen molar-refractivity contribution in [2.75, 3.05) is 17.7 Å². The number of hydrogen-bond acceptors (Lipinski definition) is 3. The van der Waals surface area contributed by atoms with Crippen molar-refractivity contribution in [3.63, 3.8) is 0 Å². The van der Waals surface area contributed by atoms with Gasteiger partial charge in [0.1, 0.15) is 5.78 Å². The first-order valence-corrected chi connectivity index (χ1v) is 6.40. The molecule has 0 radical (unpaired) electrons. The zero-order valence-corrected chi connectivity index (χ0v) is 9.92. The molecule has 1 aromatic rings. The van der Waals surface area contributed by atoms with Gasteiger partial charge in [-0.2, -0.15) is 0 Å². The van der Waals surface area contributed by atoms with Crippen molar-refractivity contribution in [3.05, 3.63) is 24.3 Å². The number of hydrogen-bond donors (Lipinski definition) is 0. The molecule has 16 heavy (non-hydrogen) atoms. The number of piperidine rings is 1. The number of amides is 1. The summed E-state index contributed by atoms with van der Waals surface area (Å²) in [6, 6.07) is 7.79. The Bertz CT molecular complexity index is 431.